The van der Waals surface area contributed by atoms with Gasteiger partial charge < -0.3 is 5.11 Å². The maximum Gasteiger partial charge on any atom is 0.374 e. The molecule has 1 heterocycles. The molecule has 0 spiro atoms. The van der Waals surface area contributed by atoms with Crippen LogP contribution in [0.25, 0.3) is 6.08 Å². The number of hydrogen-bond donors (Lipinski definition) is 1. The SMILES string of the molecule is CC=Cc1nc(C(=O)O)nc(C(Cl)(Cl)Cl)n1. The molecular weight excluding hydrogens is 276 g/mol. The van der Waals surface area contributed by atoms with Gasteiger partial charge in [-0.05, 0) is 13.0 Å². The van der Waals surface area contributed by atoms with Crippen LogP contribution in [0.1, 0.15) is 29.2 Å². The van der Waals surface area contributed by atoms with Crippen LogP contribution in [0.3, 0.4) is 0 Å². The smallest absolute Gasteiger partial charge is 0.374 e. The number of hydrogen-bond acceptors (Lipinski definition) is 4. The molecule has 0 aromatic carbocycles. The Kier molecular flexibility index (Phi) is 4.07. The highest BCUT2D eigenvalue weighted by Crippen LogP contribution is 2.35. The van der Waals surface area contributed by atoms with Crippen molar-refractivity contribution in [2.75, 3.05) is 0 Å². The highest BCUT2D eigenvalue weighted by Gasteiger charge is 2.28. The molecule has 0 aliphatic rings. The second-order valence-corrected chi connectivity index (χ2v) is 4.92. The van der Waals surface area contributed by atoms with Crippen LogP contribution in [0.5, 0.6) is 0 Å². The van der Waals surface area contributed by atoms with E-state index in [-0.39, 0.29) is 11.6 Å². The molecule has 5 nitrogen and oxygen atoms in total. The number of aromatic nitrogens is 3. The number of carbonyl (C=O) groups is 1. The number of alkyl halides is 3. The van der Waals surface area contributed by atoms with E-state index < -0.39 is 15.6 Å². The lowest BCUT2D eigenvalue weighted by Gasteiger charge is -2.09. The van der Waals surface area contributed by atoms with Crippen molar-refractivity contribution in [1.29, 1.82) is 0 Å². The lowest BCUT2D eigenvalue weighted by molar-refractivity contribution is 0.0682. The zero-order chi connectivity index (χ0) is 12.3. The highest BCUT2D eigenvalue weighted by molar-refractivity contribution is 6.66. The summed E-state index contributed by atoms with van der Waals surface area (Å²) in [5.74, 6) is -1.89. The molecule has 0 saturated carbocycles. The number of aromatic carboxylic acids is 1. The van der Waals surface area contributed by atoms with Gasteiger partial charge in [0.1, 0.15) is 0 Å². The molecule has 1 N–H and O–H groups in total. The van der Waals surface area contributed by atoms with Crippen molar-refractivity contribution in [3.05, 3.63) is 23.5 Å². The summed E-state index contributed by atoms with van der Waals surface area (Å²) in [6.07, 6.45) is 3.11. The van der Waals surface area contributed by atoms with Crippen LogP contribution in [0.2, 0.25) is 0 Å². The van der Waals surface area contributed by atoms with E-state index in [1.165, 1.54) is 6.08 Å². The molecule has 0 aliphatic carbocycles. The predicted molar refractivity (Wildman–Crippen MR) is 60.7 cm³/mol. The van der Waals surface area contributed by atoms with Crippen molar-refractivity contribution < 1.29 is 9.90 Å². The summed E-state index contributed by atoms with van der Waals surface area (Å²) in [6, 6.07) is 0. The minimum atomic E-state index is -1.89. The summed E-state index contributed by atoms with van der Waals surface area (Å²) in [4.78, 5) is 21.7. The number of nitrogens with zero attached hydrogens (tertiary/aromatic N) is 3. The lowest BCUT2D eigenvalue weighted by Crippen LogP contribution is -2.15. The van der Waals surface area contributed by atoms with Gasteiger partial charge in [0, 0.05) is 0 Å². The molecule has 0 fully saturated rings. The summed E-state index contributed by atoms with van der Waals surface area (Å²) in [7, 11) is 0. The Hall–Kier alpha value is -0.910. The van der Waals surface area contributed by atoms with Crippen molar-refractivity contribution in [2.24, 2.45) is 0 Å². The minimum absolute atomic E-state index is 0.122. The van der Waals surface area contributed by atoms with Gasteiger partial charge in [0.2, 0.25) is 9.62 Å². The van der Waals surface area contributed by atoms with Crippen molar-refractivity contribution in [3.8, 4) is 0 Å². The third kappa shape index (κ3) is 3.30. The van der Waals surface area contributed by atoms with Gasteiger partial charge in [0.05, 0.1) is 0 Å². The van der Waals surface area contributed by atoms with Gasteiger partial charge in [-0.1, -0.05) is 40.9 Å². The second kappa shape index (κ2) is 4.95. The van der Waals surface area contributed by atoms with Gasteiger partial charge in [0.25, 0.3) is 0 Å². The predicted octanol–water partition coefficient (Wildman–Crippen LogP) is 2.43. The Bertz CT molecular complexity index is 443. The quantitative estimate of drug-likeness (QED) is 0.843. The molecule has 0 radical (unpaired) electrons. The Labute approximate surface area is 106 Å². The van der Waals surface area contributed by atoms with Gasteiger partial charge in [-0.15, -0.1) is 0 Å². The molecule has 0 aliphatic heterocycles. The Morgan fingerprint density at radius 3 is 2.38 bits per heavy atom. The Morgan fingerprint density at radius 2 is 1.94 bits per heavy atom. The zero-order valence-electron chi connectivity index (χ0n) is 7.99. The largest absolute Gasteiger partial charge is 0.475 e. The molecule has 1 rings (SSSR count). The normalized spacial score (nSPS) is 12.0. The molecule has 8 heteroatoms. The van der Waals surface area contributed by atoms with E-state index in [4.69, 9.17) is 39.9 Å². The highest BCUT2D eigenvalue weighted by atomic mass is 35.6. The maximum atomic E-state index is 10.7. The van der Waals surface area contributed by atoms with Gasteiger partial charge in [-0.2, -0.15) is 0 Å². The topological polar surface area (TPSA) is 76.0 Å². The number of carboxylic acids is 1. The van der Waals surface area contributed by atoms with Crippen LogP contribution >= 0.6 is 34.8 Å². The third-order valence-corrected chi connectivity index (χ3v) is 1.92. The summed E-state index contributed by atoms with van der Waals surface area (Å²) in [6.45, 7) is 1.72. The van der Waals surface area contributed by atoms with E-state index in [1.807, 2.05) is 0 Å². The standard InChI is InChI=1S/C8H6Cl3N3O2/c1-2-3-4-12-5(6(15)16)14-7(13-4)8(9,10)11/h2-3H,1H3,(H,15,16). The van der Waals surface area contributed by atoms with E-state index in [9.17, 15) is 4.79 Å². The van der Waals surface area contributed by atoms with Gasteiger partial charge >= 0.3 is 5.97 Å². The van der Waals surface area contributed by atoms with Crippen LogP contribution in [-0.2, 0) is 3.79 Å². The number of halogens is 3. The van der Waals surface area contributed by atoms with Gasteiger partial charge in [0.15, 0.2) is 11.6 Å². The number of rotatable bonds is 2. The molecule has 86 valence electrons. The average Bonchev–Trinajstić information content (AvgIpc) is 2.16. The minimum Gasteiger partial charge on any atom is -0.475 e. The first-order valence-electron chi connectivity index (χ1n) is 4.04. The maximum absolute atomic E-state index is 10.7. The van der Waals surface area contributed by atoms with Crippen molar-refractivity contribution in [2.45, 2.75) is 10.7 Å². The van der Waals surface area contributed by atoms with Crippen LogP contribution in [0.15, 0.2) is 6.08 Å². The number of allylic oxidation sites excluding steroid dienone is 1. The van der Waals surface area contributed by atoms with Gasteiger partial charge in [-0.25, -0.2) is 19.7 Å². The Balaban J connectivity index is 3.35. The fourth-order valence-electron chi connectivity index (χ4n) is 0.838. The number of carboxylic acid groups (broad SMARTS) is 1. The van der Waals surface area contributed by atoms with E-state index >= 15 is 0 Å². The fourth-order valence-corrected chi connectivity index (χ4v) is 1.09. The van der Waals surface area contributed by atoms with E-state index in [0.717, 1.165) is 0 Å². The first-order valence-corrected chi connectivity index (χ1v) is 5.17. The first kappa shape index (κ1) is 13.2. The Morgan fingerprint density at radius 1 is 1.31 bits per heavy atom. The van der Waals surface area contributed by atoms with Crippen LogP contribution < -0.4 is 0 Å². The summed E-state index contributed by atoms with van der Waals surface area (Å²) < 4.78 is -1.89. The molecule has 16 heavy (non-hydrogen) atoms. The van der Waals surface area contributed by atoms with Crippen LogP contribution in [0.4, 0.5) is 0 Å². The molecule has 0 saturated heterocycles. The molecule has 1 aromatic heterocycles. The first-order chi connectivity index (χ1) is 7.34. The lowest BCUT2D eigenvalue weighted by atomic mass is 10.4. The third-order valence-electron chi connectivity index (χ3n) is 1.41. The van der Waals surface area contributed by atoms with E-state index in [0.29, 0.717) is 0 Å². The molecule has 0 atom stereocenters. The summed E-state index contributed by atoms with van der Waals surface area (Å²) in [5.41, 5.74) is 0. The van der Waals surface area contributed by atoms with Crippen molar-refractivity contribution in [3.63, 3.8) is 0 Å². The molecule has 0 amide bonds. The summed E-state index contributed by atoms with van der Waals surface area (Å²) in [5, 5.41) is 8.76. The van der Waals surface area contributed by atoms with Crippen molar-refractivity contribution in [1.82, 2.24) is 15.0 Å². The fraction of sp³-hybridized carbons (Fsp3) is 0.250. The monoisotopic (exact) mass is 281 g/mol. The van der Waals surface area contributed by atoms with Gasteiger partial charge in [-0.3, -0.25) is 0 Å². The van der Waals surface area contributed by atoms with E-state index in [1.54, 1.807) is 13.0 Å². The average molecular weight is 283 g/mol. The second-order valence-electron chi connectivity index (χ2n) is 2.64. The van der Waals surface area contributed by atoms with Crippen LogP contribution in [0, 0.1) is 0 Å². The molecule has 0 unspecified atom stereocenters. The molecular formula is C8H6Cl3N3O2. The molecule has 1 aromatic rings. The van der Waals surface area contributed by atoms with E-state index in [2.05, 4.69) is 15.0 Å². The van der Waals surface area contributed by atoms with Crippen LogP contribution in [-0.4, -0.2) is 26.0 Å². The molecule has 0 bridgehead atoms. The van der Waals surface area contributed by atoms with Crippen molar-refractivity contribution >= 4 is 46.8 Å². The zero-order valence-corrected chi connectivity index (χ0v) is 10.3. The summed E-state index contributed by atoms with van der Waals surface area (Å²) >= 11 is 16.7.